The van der Waals surface area contributed by atoms with Crippen molar-refractivity contribution in [3.63, 3.8) is 0 Å². The maximum Gasteiger partial charge on any atom is 0.270 e. The average Bonchev–Trinajstić information content (AvgIpc) is 2.97. The molecule has 2 unspecified atom stereocenters. The molecule has 1 saturated carbocycles. The Bertz CT molecular complexity index is 712. The van der Waals surface area contributed by atoms with Gasteiger partial charge in [0.1, 0.15) is 5.69 Å². The van der Waals surface area contributed by atoms with Gasteiger partial charge in [0.25, 0.3) is 5.91 Å². The van der Waals surface area contributed by atoms with Gasteiger partial charge in [0.05, 0.1) is 4.70 Å². The summed E-state index contributed by atoms with van der Waals surface area (Å²) in [7, 11) is 0. The Balaban J connectivity index is 1.38. The van der Waals surface area contributed by atoms with Gasteiger partial charge >= 0.3 is 0 Å². The first-order chi connectivity index (χ1) is 10.8. The Morgan fingerprint density at radius 2 is 2.09 bits per heavy atom. The molecule has 4 aliphatic rings. The second-order valence-electron chi connectivity index (χ2n) is 7.10. The minimum Gasteiger partial charge on any atom is -0.347 e. The molecule has 3 saturated heterocycles. The van der Waals surface area contributed by atoms with Crippen LogP contribution < -0.4 is 5.32 Å². The topological polar surface area (TPSA) is 45.2 Å². The van der Waals surface area contributed by atoms with E-state index in [4.69, 9.17) is 0 Å². The Morgan fingerprint density at radius 3 is 2.86 bits per heavy atom. The quantitative estimate of drug-likeness (QED) is 0.926. The van der Waals surface area contributed by atoms with E-state index in [1.807, 2.05) is 17.6 Å². The standard InChI is InChI=1S/C17H19N3OS/c21-17(14-5-11-1-2-22-15(11)6-18-14)19-16-12-3-10-4-13(16)9-20(7-10)8-12/h1-2,5-6,10,12-13,16H,3-4,7-9H2,(H,19,21). The highest BCUT2D eigenvalue weighted by molar-refractivity contribution is 7.17. The van der Waals surface area contributed by atoms with E-state index < -0.39 is 0 Å². The van der Waals surface area contributed by atoms with Crippen molar-refractivity contribution in [1.29, 1.82) is 0 Å². The van der Waals surface area contributed by atoms with E-state index in [9.17, 15) is 4.79 Å². The zero-order valence-corrected chi connectivity index (χ0v) is 13.2. The lowest BCUT2D eigenvalue weighted by Gasteiger charge is -2.55. The zero-order chi connectivity index (χ0) is 14.7. The number of aromatic nitrogens is 1. The average molecular weight is 313 g/mol. The van der Waals surface area contributed by atoms with Crippen LogP contribution in [0.3, 0.4) is 0 Å². The summed E-state index contributed by atoms with van der Waals surface area (Å²) in [5.74, 6) is 2.15. The number of fused-ring (bicyclic) bond motifs is 1. The van der Waals surface area contributed by atoms with Crippen LogP contribution in [0.4, 0.5) is 0 Å². The smallest absolute Gasteiger partial charge is 0.270 e. The Morgan fingerprint density at radius 1 is 1.27 bits per heavy atom. The number of piperidine rings is 3. The number of amides is 1. The molecule has 4 fully saturated rings. The van der Waals surface area contributed by atoms with Crippen molar-refractivity contribution in [3.05, 3.63) is 29.4 Å². The van der Waals surface area contributed by atoms with E-state index in [0.717, 1.165) is 29.1 Å². The number of hydrogen-bond acceptors (Lipinski definition) is 4. The number of hydrogen-bond donors (Lipinski definition) is 1. The van der Waals surface area contributed by atoms with Crippen molar-refractivity contribution < 1.29 is 4.79 Å². The fourth-order valence-electron chi connectivity index (χ4n) is 4.86. The Kier molecular flexibility index (Phi) is 2.82. The molecule has 2 atom stereocenters. The lowest BCUT2D eigenvalue weighted by molar-refractivity contribution is -0.0419. The number of pyridine rings is 1. The van der Waals surface area contributed by atoms with Crippen molar-refractivity contribution >= 4 is 27.3 Å². The molecule has 5 heteroatoms. The first-order valence-corrected chi connectivity index (χ1v) is 9.01. The second-order valence-corrected chi connectivity index (χ2v) is 8.05. The first-order valence-electron chi connectivity index (χ1n) is 8.13. The Labute approximate surface area is 133 Å². The zero-order valence-electron chi connectivity index (χ0n) is 12.4. The van der Waals surface area contributed by atoms with Crippen molar-refractivity contribution in [3.8, 4) is 0 Å². The number of carbonyl (C=O) groups excluding carboxylic acids is 1. The first kappa shape index (κ1) is 13.0. The summed E-state index contributed by atoms with van der Waals surface area (Å²) in [4.78, 5) is 19.6. The van der Waals surface area contributed by atoms with Gasteiger partial charge in [-0.1, -0.05) is 0 Å². The van der Waals surface area contributed by atoms with Gasteiger partial charge in [0.2, 0.25) is 0 Å². The van der Waals surface area contributed by atoms with Gasteiger partial charge in [0.15, 0.2) is 0 Å². The maximum atomic E-state index is 12.6. The van der Waals surface area contributed by atoms with Crippen LogP contribution in [0.5, 0.6) is 0 Å². The predicted octanol–water partition coefficient (Wildman–Crippen LogP) is 2.37. The molecular formula is C17H19N3OS. The molecule has 3 aliphatic heterocycles. The molecule has 0 aromatic carbocycles. The number of rotatable bonds is 2. The summed E-state index contributed by atoms with van der Waals surface area (Å²) in [5, 5.41) is 6.46. The third-order valence-electron chi connectivity index (χ3n) is 5.66. The molecular weight excluding hydrogens is 294 g/mol. The molecule has 1 aliphatic carbocycles. The van der Waals surface area contributed by atoms with Crippen LogP contribution in [0, 0.1) is 17.8 Å². The normalized spacial score (nSPS) is 35.9. The number of nitrogens with one attached hydrogen (secondary N) is 1. The highest BCUT2D eigenvalue weighted by Crippen LogP contribution is 2.43. The molecule has 114 valence electrons. The van der Waals surface area contributed by atoms with Crippen LogP contribution >= 0.6 is 11.3 Å². The van der Waals surface area contributed by atoms with Gasteiger partial charge in [-0.25, -0.2) is 4.98 Å². The minimum atomic E-state index is 0.000531. The molecule has 22 heavy (non-hydrogen) atoms. The molecule has 4 nitrogen and oxygen atoms in total. The van der Waals surface area contributed by atoms with Gasteiger partial charge in [0, 0.05) is 31.9 Å². The largest absolute Gasteiger partial charge is 0.347 e. The molecule has 2 aromatic rings. The van der Waals surface area contributed by atoms with E-state index in [0.29, 0.717) is 23.6 Å². The van der Waals surface area contributed by atoms with E-state index in [2.05, 4.69) is 21.3 Å². The fraction of sp³-hybridized carbons (Fsp3) is 0.529. The van der Waals surface area contributed by atoms with Crippen LogP contribution in [0.25, 0.3) is 10.1 Å². The minimum absolute atomic E-state index is 0.000531. The van der Waals surface area contributed by atoms with E-state index in [-0.39, 0.29) is 5.91 Å². The van der Waals surface area contributed by atoms with Gasteiger partial charge < -0.3 is 10.2 Å². The fourth-order valence-corrected chi connectivity index (χ4v) is 5.60. The van der Waals surface area contributed by atoms with Crippen LogP contribution in [-0.4, -0.2) is 41.5 Å². The highest BCUT2D eigenvalue weighted by Gasteiger charge is 2.47. The van der Waals surface area contributed by atoms with Gasteiger partial charge in [-0.05, 0) is 53.5 Å². The summed E-state index contributed by atoms with van der Waals surface area (Å²) >= 11 is 1.66. The van der Waals surface area contributed by atoms with E-state index in [1.165, 1.54) is 19.4 Å². The molecule has 6 rings (SSSR count). The lowest BCUT2D eigenvalue weighted by atomic mass is 9.65. The van der Waals surface area contributed by atoms with Crippen LogP contribution in [0.2, 0.25) is 0 Å². The maximum absolute atomic E-state index is 12.6. The van der Waals surface area contributed by atoms with Gasteiger partial charge in [-0.3, -0.25) is 4.79 Å². The summed E-state index contributed by atoms with van der Waals surface area (Å²) < 4.78 is 1.14. The van der Waals surface area contributed by atoms with E-state index >= 15 is 0 Å². The molecule has 5 heterocycles. The summed E-state index contributed by atoms with van der Waals surface area (Å²) in [6.07, 6.45) is 4.39. The number of thiophene rings is 1. The van der Waals surface area contributed by atoms with Crippen LogP contribution in [0.15, 0.2) is 23.7 Å². The third-order valence-corrected chi connectivity index (χ3v) is 6.53. The van der Waals surface area contributed by atoms with E-state index in [1.54, 1.807) is 11.3 Å². The summed E-state index contributed by atoms with van der Waals surface area (Å²) in [6.45, 7) is 3.61. The molecule has 0 radical (unpaired) electrons. The second kappa shape index (κ2) is 4.77. The molecule has 4 bridgehead atoms. The SMILES string of the molecule is O=C(NC1C2CC3CC1CN(C3)C2)c1cc2ccsc2cn1. The van der Waals surface area contributed by atoms with Gasteiger partial charge in [-0.2, -0.15) is 0 Å². The lowest BCUT2D eigenvalue weighted by Crippen LogP contribution is -2.64. The molecule has 0 spiro atoms. The third kappa shape index (κ3) is 1.99. The van der Waals surface area contributed by atoms with Gasteiger partial charge in [-0.15, -0.1) is 11.3 Å². The molecule has 1 amide bonds. The number of carbonyl (C=O) groups is 1. The van der Waals surface area contributed by atoms with Crippen molar-refractivity contribution in [2.45, 2.75) is 18.9 Å². The van der Waals surface area contributed by atoms with Crippen LogP contribution in [-0.2, 0) is 0 Å². The summed E-state index contributed by atoms with van der Waals surface area (Å²) in [6, 6.07) is 4.32. The Hall–Kier alpha value is -1.46. The summed E-state index contributed by atoms with van der Waals surface area (Å²) in [5.41, 5.74) is 0.556. The molecule has 2 aromatic heterocycles. The van der Waals surface area contributed by atoms with Crippen molar-refractivity contribution in [2.75, 3.05) is 19.6 Å². The van der Waals surface area contributed by atoms with Crippen molar-refractivity contribution in [2.24, 2.45) is 17.8 Å². The predicted molar refractivity (Wildman–Crippen MR) is 87.0 cm³/mol. The van der Waals surface area contributed by atoms with Crippen LogP contribution in [0.1, 0.15) is 23.3 Å². The van der Waals surface area contributed by atoms with Crippen molar-refractivity contribution in [1.82, 2.24) is 15.2 Å². The highest BCUT2D eigenvalue weighted by atomic mass is 32.1. The monoisotopic (exact) mass is 313 g/mol. The molecule has 1 N–H and O–H groups in total. The number of nitrogens with zero attached hydrogens (tertiary/aromatic N) is 2.